The molecule has 0 aromatic heterocycles. The molecule has 0 aliphatic heterocycles. The van der Waals surface area contributed by atoms with Crippen molar-refractivity contribution < 1.29 is 19.1 Å². The average molecular weight is 280 g/mol. The zero-order valence-electron chi connectivity index (χ0n) is 11.8. The van der Waals surface area contributed by atoms with E-state index in [-0.39, 0.29) is 11.8 Å². The van der Waals surface area contributed by atoms with E-state index in [9.17, 15) is 9.59 Å². The van der Waals surface area contributed by atoms with Gasteiger partial charge in [0.05, 0.1) is 13.1 Å². The Bertz CT molecular complexity index is 390. The summed E-state index contributed by atoms with van der Waals surface area (Å²) in [5.74, 6) is 1.28. The second-order valence-corrected chi connectivity index (χ2v) is 4.13. The summed E-state index contributed by atoms with van der Waals surface area (Å²) in [6.07, 6.45) is 0. The van der Waals surface area contributed by atoms with Crippen molar-refractivity contribution in [3.63, 3.8) is 0 Å². The molecule has 1 rings (SSSR count). The molecular weight excluding hydrogens is 260 g/mol. The molecule has 0 atom stereocenters. The number of benzene rings is 1. The number of carbonyl (C=O) groups is 2. The largest absolute Gasteiger partial charge is 0.492 e. The second-order valence-electron chi connectivity index (χ2n) is 4.13. The Morgan fingerprint density at radius 2 is 1.20 bits per heavy atom. The first-order chi connectivity index (χ1) is 9.58. The van der Waals surface area contributed by atoms with Crippen LogP contribution in [-0.4, -0.2) is 38.1 Å². The smallest absolute Gasteiger partial charge is 0.216 e. The van der Waals surface area contributed by atoms with Crippen LogP contribution < -0.4 is 20.1 Å². The van der Waals surface area contributed by atoms with Gasteiger partial charge in [0, 0.05) is 13.8 Å². The number of rotatable bonds is 8. The Morgan fingerprint density at radius 3 is 1.50 bits per heavy atom. The topological polar surface area (TPSA) is 76.7 Å². The van der Waals surface area contributed by atoms with E-state index >= 15 is 0 Å². The van der Waals surface area contributed by atoms with E-state index in [0.29, 0.717) is 37.8 Å². The molecule has 1 aromatic rings. The third-order valence-electron chi connectivity index (χ3n) is 2.31. The predicted octanol–water partition coefficient (Wildman–Crippen LogP) is 0.716. The number of hydrogen-bond acceptors (Lipinski definition) is 4. The number of ether oxygens (including phenoxy) is 2. The molecule has 20 heavy (non-hydrogen) atoms. The maximum Gasteiger partial charge on any atom is 0.216 e. The van der Waals surface area contributed by atoms with Crippen LogP contribution >= 0.6 is 0 Å². The molecule has 1 aromatic carbocycles. The molecule has 0 bridgehead atoms. The molecule has 0 heterocycles. The standard InChI is InChI=1S/C14H20N2O4/c1-11(17)15-7-9-19-13-3-5-14(6-4-13)20-10-8-16-12(2)18/h3-6H,7-10H2,1-2H3,(H,15,17)(H,16,18). The third kappa shape index (κ3) is 7.25. The Hall–Kier alpha value is -2.24. The molecule has 2 amide bonds. The van der Waals surface area contributed by atoms with Gasteiger partial charge in [0.2, 0.25) is 11.8 Å². The first-order valence-electron chi connectivity index (χ1n) is 6.42. The minimum absolute atomic E-state index is 0.0727. The Kier molecular flexibility index (Phi) is 6.95. The van der Waals surface area contributed by atoms with Crippen molar-refractivity contribution in [3.05, 3.63) is 24.3 Å². The predicted molar refractivity (Wildman–Crippen MR) is 74.8 cm³/mol. The van der Waals surface area contributed by atoms with E-state index in [4.69, 9.17) is 9.47 Å². The molecule has 0 fully saturated rings. The Morgan fingerprint density at radius 1 is 0.850 bits per heavy atom. The summed E-state index contributed by atoms with van der Waals surface area (Å²) in [5.41, 5.74) is 0. The summed E-state index contributed by atoms with van der Waals surface area (Å²) < 4.78 is 10.9. The molecule has 0 saturated heterocycles. The van der Waals surface area contributed by atoms with Gasteiger partial charge in [-0.2, -0.15) is 0 Å². The van der Waals surface area contributed by atoms with E-state index in [1.54, 1.807) is 24.3 Å². The third-order valence-corrected chi connectivity index (χ3v) is 2.31. The molecule has 0 saturated carbocycles. The van der Waals surface area contributed by atoms with E-state index < -0.39 is 0 Å². The highest BCUT2D eigenvalue weighted by atomic mass is 16.5. The monoisotopic (exact) mass is 280 g/mol. The number of amides is 2. The van der Waals surface area contributed by atoms with Crippen LogP contribution in [0.2, 0.25) is 0 Å². The zero-order chi connectivity index (χ0) is 14.8. The van der Waals surface area contributed by atoms with Crippen molar-refractivity contribution >= 4 is 11.8 Å². The SMILES string of the molecule is CC(=O)NCCOc1ccc(OCCNC(C)=O)cc1. The van der Waals surface area contributed by atoms with Crippen LogP contribution in [0.25, 0.3) is 0 Å². The maximum absolute atomic E-state index is 10.7. The number of nitrogens with one attached hydrogen (secondary N) is 2. The fraction of sp³-hybridized carbons (Fsp3) is 0.429. The average Bonchev–Trinajstić information content (AvgIpc) is 2.41. The maximum atomic E-state index is 10.7. The molecule has 0 aliphatic rings. The van der Waals surface area contributed by atoms with Crippen molar-refractivity contribution in [1.82, 2.24) is 10.6 Å². The minimum Gasteiger partial charge on any atom is -0.492 e. The first-order valence-corrected chi connectivity index (χ1v) is 6.42. The van der Waals surface area contributed by atoms with Crippen LogP contribution in [0, 0.1) is 0 Å². The quantitative estimate of drug-likeness (QED) is 0.688. The fourth-order valence-electron chi connectivity index (χ4n) is 1.42. The molecule has 110 valence electrons. The van der Waals surface area contributed by atoms with Crippen molar-refractivity contribution in [2.24, 2.45) is 0 Å². The van der Waals surface area contributed by atoms with Crippen LogP contribution in [0.4, 0.5) is 0 Å². The normalized spacial score (nSPS) is 9.70. The van der Waals surface area contributed by atoms with Crippen molar-refractivity contribution in [2.75, 3.05) is 26.3 Å². The van der Waals surface area contributed by atoms with Crippen LogP contribution in [0.1, 0.15) is 13.8 Å². The summed E-state index contributed by atoms with van der Waals surface area (Å²) in [5, 5.41) is 5.29. The van der Waals surface area contributed by atoms with Crippen LogP contribution in [0.3, 0.4) is 0 Å². The van der Waals surface area contributed by atoms with Crippen LogP contribution in [0.15, 0.2) is 24.3 Å². The van der Waals surface area contributed by atoms with Crippen LogP contribution in [0.5, 0.6) is 11.5 Å². The van der Waals surface area contributed by atoms with Gasteiger partial charge in [0.15, 0.2) is 0 Å². The van der Waals surface area contributed by atoms with Gasteiger partial charge < -0.3 is 20.1 Å². The van der Waals surface area contributed by atoms with Gasteiger partial charge in [-0.05, 0) is 24.3 Å². The van der Waals surface area contributed by atoms with Gasteiger partial charge in [-0.25, -0.2) is 0 Å². The van der Waals surface area contributed by atoms with Crippen molar-refractivity contribution in [1.29, 1.82) is 0 Å². The molecule has 2 N–H and O–H groups in total. The van der Waals surface area contributed by atoms with Gasteiger partial charge in [-0.1, -0.05) is 0 Å². The highest BCUT2D eigenvalue weighted by Gasteiger charge is 1.98. The molecule has 6 nitrogen and oxygen atoms in total. The highest BCUT2D eigenvalue weighted by Crippen LogP contribution is 2.17. The number of hydrogen-bond donors (Lipinski definition) is 2. The van der Waals surface area contributed by atoms with Crippen LogP contribution in [-0.2, 0) is 9.59 Å². The summed E-state index contributed by atoms with van der Waals surface area (Å²) in [6, 6.07) is 7.17. The van der Waals surface area contributed by atoms with E-state index in [0.717, 1.165) is 0 Å². The first kappa shape index (κ1) is 15.8. The molecule has 6 heteroatoms. The lowest BCUT2D eigenvalue weighted by atomic mass is 10.3. The summed E-state index contributed by atoms with van der Waals surface area (Å²) in [6.45, 7) is 4.72. The molecule has 0 unspecified atom stereocenters. The highest BCUT2D eigenvalue weighted by molar-refractivity contribution is 5.73. The summed E-state index contributed by atoms with van der Waals surface area (Å²) >= 11 is 0. The lowest BCUT2D eigenvalue weighted by Gasteiger charge is -2.09. The zero-order valence-corrected chi connectivity index (χ0v) is 11.8. The lowest BCUT2D eigenvalue weighted by Crippen LogP contribution is -2.25. The Labute approximate surface area is 118 Å². The van der Waals surface area contributed by atoms with Gasteiger partial charge in [-0.3, -0.25) is 9.59 Å². The molecule has 0 aliphatic carbocycles. The van der Waals surface area contributed by atoms with E-state index in [1.807, 2.05) is 0 Å². The van der Waals surface area contributed by atoms with Gasteiger partial charge in [0.25, 0.3) is 0 Å². The van der Waals surface area contributed by atoms with Gasteiger partial charge >= 0.3 is 0 Å². The lowest BCUT2D eigenvalue weighted by molar-refractivity contribution is -0.119. The summed E-state index contributed by atoms with van der Waals surface area (Å²) in [4.78, 5) is 21.3. The van der Waals surface area contributed by atoms with Crippen molar-refractivity contribution in [3.8, 4) is 11.5 Å². The second kappa shape index (κ2) is 8.79. The molecule has 0 spiro atoms. The minimum atomic E-state index is -0.0727. The Balaban J connectivity index is 2.22. The molecule has 0 radical (unpaired) electrons. The fourth-order valence-corrected chi connectivity index (χ4v) is 1.42. The van der Waals surface area contributed by atoms with Crippen molar-refractivity contribution in [2.45, 2.75) is 13.8 Å². The van der Waals surface area contributed by atoms with E-state index in [1.165, 1.54) is 13.8 Å². The van der Waals surface area contributed by atoms with Gasteiger partial charge in [-0.15, -0.1) is 0 Å². The molecular formula is C14H20N2O4. The van der Waals surface area contributed by atoms with E-state index in [2.05, 4.69) is 10.6 Å². The van der Waals surface area contributed by atoms with Gasteiger partial charge in [0.1, 0.15) is 24.7 Å². The summed E-state index contributed by atoms with van der Waals surface area (Å²) in [7, 11) is 0. The number of carbonyl (C=O) groups excluding carboxylic acids is 2.